The summed E-state index contributed by atoms with van der Waals surface area (Å²) in [7, 11) is 0. The molecule has 4 aromatic rings. The molecule has 1 aliphatic heterocycles. The van der Waals surface area contributed by atoms with Crippen molar-refractivity contribution in [1.82, 2.24) is 14.5 Å². The largest absolute Gasteiger partial charge is 0.320 e. The molecule has 31 heavy (non-hydrogen) atoms. The molecule has 5 rings (SSSR count). The average Bonchev–Trinajstić information content (AvgIpc) is 3.13. The van der Waals surface area contributed by atoms with Crippen LogP contribution in [-0.4, -0.2) is 33.0 Å². The highest BCUT2D eigenvalue weighted by atomic mass is 35.5. The number of halogens is 1. The van der Waals surface area contributed by atoms with Crippen molar-refractivity contribution in [2.45, 2.75) is 12.5 Å². The second-order valence-corrected chi connectivity index (χ2v) is 7.80. The zero-order chi connectivity index (χ0) is 21.5. The second-order valence-electron chi connectivity index (χ2n) is 7.36. The van der Waals surface area contributed by atoms with Gasteiger partial charge in [0.1, 0.15) is 11.6 Å². The molecule has 8 heteroatoms. The first-order chi connectivity index (χ1) is 15.0. The van der Waals surface area contributed by atoms with E-state index in [1.54, 1.807) is 35.2 Å². The molecule has 2 N–H and O–H groups in total. The highest BCUT2D eigenvalue weighted by molar-refractivity contribution is 6.30. The van der Waals surface area contributed by atoms with Gasteiger partial charge in [0.2, 0.25) is 5.91 Å². The Hall–Kier alpha value is -3.55. The Morgan fingerprint density at radius 2 is 1.77 bits per heavy atom. The third-order valence-corrected chi connectivity index (χ3v) is 5.62. The van der Waals surface area contributed by atoms with Crippen LogP contribution in [0.2, 0.25) is 5.02 Å². The smallest absolute Gasteiger partial charge is 0.267 e. The van der Waals surface area contributed by atoms with Crippen molar-refractivity contribution in [1.29, 1.82) is 0 Å². The number of nitrogens with zero attached hydrogens (tertiary/aromatic N) is 4. The number of amides is 1. The first kappa shape index (κ1) is 19.4. The molecule has 2 aromatic heterocycles. The Balaban J connectivity index is 1.67. The number of carbonyl (C=O) groups is 1. The number of anilines is 1. The number of carbonyl (C=O) groups excluding carboxylic acids is 1. The predicted molar refractivity (Wildman–Crippen MR) is 121 cm³/mol. The fraction of sp³-hybridized carbons (Fsp3) is 0.130. The van der Waals surface area contributed by atoms with E-state index < -0.39 is 6.04 Å². The summed E-state index contributed by atoms with van der Waals surface area (Å²) in [4.78, 5) is 36.3. The summed E-state index contributed by atoms with van der Waals surface area (Å²) >= 11 is 5.99. The summed E-state index contributed by atoms with van der Waals surface area (Å²) in [5, 5.41) is 0.973. The maximum absolute atomic E-state index is 13.3. The van der Waals surface area contributed by atoms with Crippen LogP contribution in [0.1, 0.15) is 6.42 Å². The van der Waals surface area contributed by atoms with Gasteiger partial charge in [-0.25, -0.2) is 14.5 Å². The van der Waals surface area contributed by atoms with Crippen LogP contribution < -0.4 is 16.2 Å². The normalized spacial score (nSPS) is 16.3. The molecule has 1 unspecified atom stereocenters. The van der Waals surface area contributed by atoms with Gasteiger partial charge in [0.25, 0.3) is 5.56 Å². The number of hydrogen-bond donors (Lipinski definition) is 1. The summed E-state index contributed by atoms with van der Waals surface area (Å²) < 4.78 is 1.48. The van der Waals surface area contributed by atoms with Gasteiger partial charge in [-0.3, -0.25) is 9.59 Å². The fourth-order valence-electron chi connectivity index (χ4n) is 3.79. The van der Waals surface area contributed by atoms with E-state index >= 15 is 0 Å². The van der Waals surface area contributed by atoms with Gasteiger partial charge in [0.15, 0.2) is 0 Å². The van der Waals surface area contributed by atoms with E-state index in [2.05, 4.69) is 4.98 Å². The lowest BCUT2D eigenvalue weighted by atomic mass is 10.1. The Kier molecular flexibility index (Phi) is 4.77. The summed E-state index contributed by atoms with van der Waals surface area (Å²) in [6.45, 7) is 0.590. The molecule has 1 fully saturated rings. The van der Waals surface area contributed by atoms with Crippen LogP contribution >= 0.6 is 11.6 Å². The molecule has 3 heterocycles. The van der Waals surface area contributed by atoms with Gasteiger partial charge in [0.05, 0.1) is 22.0 Å². The molecule has 1 amide bonds. The van der Waals surface area contributed by atoms with E-state index in [-0.39, 0.29) is 11.5 Å². The maximum Gasteiger partial charge on any atom is 0.267 e. The highest BCUT2D eigenvalue weighted by Crippen LogP contribution is 2.26. The zero-order valence-corrected chi connectivity index (χ0v) is 17.2. The molecule has 0 saturated carbocycles. The van der Waals surface area contributed by atoms with E-state index in [1.165, 1.54) is 10.8 Å². The van der Waals surface area contributed by atoms with Gasteiger partial charge in [-0.2, -0.15) is 0 Å². The van der Waals surface area contributed by atoms with Crippen LogP contribution in [0.25, 0.3) is 28.1 Å². The Morgan fingerprint density at radius 3 is 2.45 bits per heavy atom. The van der Waals surface area contributed by atoms with Crippen molar-refractivity contribution in [2.75, 3.05) is 11.4 Å². The monoisotopic (exact) mass is 431 g/mol. The van der Waals surface area contributed by atoms with Crippen LogP contribution in [0, 0.1) is 0 Å². The Morgan fingerprint density at radius 1 is 1.00 bits per heavy atom. The molecular formula is C23H18ClN5O2. The molecule has 1 aliphatic rings. The van der Waals surface area contributed by atoms with Crippen molar-refractivity contribution >= 4 is 34.1 Å². The van der Waals surface area contributed by atoms with Crippen LogP contribution in [0.4, 0.5) is 5.69 Å². The van der Waals surface area contributed by atoms with Crippen molar-refractivity contribution in [3.05, 3.63) is 82.2 Å². The summed E-state index contributed by atoms with van der Waals surface area (Å²) in [6, 6.07) is 17.5. The lowest BCUT2D eigenvalue weighted by molar-refractivity contribution is -0.118. The third-order valence-electron chi connectivity index (χ3n) is 5.40. The van der Waals surface area contributed by atoms with Crippen molar-refractivity contribution in [3.8, 4) is 17.2 Å². The molecule has 0 radical (unpaired) electrons. The van der Waals surface area contributed by atoms with E-state index in [9.17, 15) is 9.59 Å². The molecule has 1 atom stereocenters. The minimum absolute atomic E-state index is 0.0844. The van der Waals surface area contributed by atoms with Crippen LogP contribution in [-0.2, 0) is 4.79 Å². The molecule has 0 spiro atoms. The molecule has 7 nitrogen and oxygen atoms in total. The first-order valence-corrected chi connectivity index (χ1v) is 10.2. The minimum Gasteiger partial charge on any atom is -0.320 e. The minimum atomic E-state index is -0.456. The predicted octanol–water partition coefficient (Wildman–Crippen LogP) is 3.17. The lowest BCUT2D eigenvalue weighted by Gasteiger charge is -2.17. The second kappa shape index (κ2) is 7.61. The van der Waals surface area contributed by atoms with Crippen molar-refractivity contribution < 1.29 is 4.79 Å². The fourth-order valence-corrected chi connectivity index (χ4v) is 3.90. The molecule has 154 valence electrons. The van der Waals surface area contributed by atoms with Crippen molar-refractivity contribution in [3.63, 3.8) is 0 Å². The SMILES string of the molecule is NC1CCN(c2ccc(-c3nc4ccccc4c(=O)n3-c3ccc(Cl)cn3)cc2)C1=O. The molecule has 0 bridgehead atoms. The number of hydrogen-bond acceptors (Lipinski definition) is 5. The highest BCUT2D eigenvalue weighted by Gasteiger charge is 2.29. The van der Waals surface area contributed by atoms with Gasteiger partial charge in [-0.05, 0) is 55.0 Å². The number of fused-ring (bicyclic) bond motifs is 1. The van der Waals surface area contributed by atoms with Gasteiger partial charge in [-0.15, -0.1) is 0 Å². The lowest BCUT2D eigenvalue weighted by Crippen LogP contribution is -2.33. The quantitative estimate of drug-likeness (QED) is 0.537. The van der Waals surface area contributed by atoms with Gasteiger partial charge in [0, 0.05) is 24.0 Å². The number of para-hydroxylation sites is 1. The molecule has 1 saturated heterocycles. The first-order valence-electron chi connectivity index (χ1n) is 9.84. The number of pyridine rings is 1. The molecule has 2 aromatic carbocycles. The number of benzene rings is 2. The topological polar surface area (TPSA) is 94.1 Å². The van der Waals surface area contributed by atoms with Gasteiger partial charge >= 0.3 is 0 Å². The molecular weight excluding hydrogens is 414 g/mol. The maximum atomic E-state index is 13.3. The average molecular weight is 432 g/mol. The number of aromatic nitrogens is 3. The van der Waals surface area contributed by atoms with Gasteiger partial charge in [-0.1, -0.05) is 23.7 Å². The zero-order valence-electron chi connectivity index (χ0n) is 16.4. The standard InChI is InChI=1S/C23H18ClN5O2/c24-15-7-10-20(26-13-15)29-21(27-19-4-2-1-3-17(19)22(29)30)14-5-8-16(9-6-14)28-12-11-18(25)23(28)31/h1-10,13,18H,11-12,25H2. The van der Waals surface area contributed by atoms with Crippen LogP contribution in [0.5, 0.6) is 0 Å². The van der Waals surface area contributed by atoms with Crippen LogP contribution in [0.15, 0.2) is 71.7 Å². The Bertz CT molecular complexity index is 1350. The van der Waals surface area contributed by atoms with Crippen LogP contribution in [0.3, 0.4) is 0 Å². The van der Waals surface area contributed by atoms with Gasteiger partial charge < -0.3 is 10.6 Å². The van der Waals surface area contributed by atoms with E-state index in [0.29, 0.717) is 40.5 Å². The third kappa shape index (κ3) is 3.37. The number of rotatable bonds is 3. The Labute approximate surface area is 182 Å². The molecule has 0 aliphatic carbocycles. The van der Waals surface area contributed by atoms with E-state index in [1.807, 2.05) is 30.3 Å². The summed E-state index contributed by atoms with van der Waals surface area (Å²) in [6.07, 6.45) is 2.13. The number of nitrogens with two attached hydrogens (primary N) is 1. The van der Waals surface area contributed by atoms with Crippen molar-refractivity contribution in [2.24, 2.45) is 5.73 Å². The van der Waals surface area contributed by atoms with E-state index in [4.69, 9.17) is 22.3 Å². The van der Waals surface area contributed by atoms with E-state index in [0.717, 1.165) is 11.3 Å². The summed E-state index contributed by atoms with van der Waals surface area (Å²) in [5.74, 6) is 0.792. The summed E-state index contributed by atoms with van der Waals surface area (Å²) in [5.41, 5.74) is 7.69.